The fourth-order valence-electron chi connectivity index (χ4n) is 5.84. The van der Waals surface area contributed by atoms with Crippen molar-refractivity contribution in [3.05, 3.63) is 42.4 Å². The molecule has 6 rings (SSSR count). The standard InChI is InChI=1S/C23H27N5O3.C2HF3O2/c1-25(2)19(29)11-28-17-5-3-8-24-21(17)27-9-4-6-18(27)23(28)7-10-26(14-23)22(30)20-15-12-31-13-16(15)20;3-2(4,5)1(6)7/h3-6,8-9,15-16,20H,7,10-14H2,1-2H3;(H,6,7)/t15-,16+,20?,23?;. The molecule has 4 aliphatic rings. The summed E-state index contributed by atoms with van der Waals surface area (Å²) in [5.74, 6) is -0.723. The van der Waals surface area contributed by atoms with Crippen LogP contribution in [-0.4, -0.2) is 95.4 Å². The van der Waals surface area contributed by atoms with Crippen LogP contribution in [-0.2, 0) is 24.7 Å². The number of carbonyl (C=O) groups is 3. The summed E-state index contributed by atoms with van der Waals surface area (Å²) < 4.78 is 39.3. The maximum absolute atomic E-state index is 13.3. The minimum absolute atomic E-state index is 0.0350. The van der Waals surface area contributed by atoms with Gasteiger partial charge in [-0.1, -0.05) is 0 Å². The Bertz CT molecular complexity index is 1250. The van der Waals surface area contributed by atoms with Gasteiger partial charge in [-0.25, -0.2) is 9.78 Å². The summed E-state index contributed by atoms with van der Waals surface area (Å²) in [5.41, 5.74) is 1.59. The van der Waals surface area contributed by atoms with E-state index in [0.717, 1.165) is 23.6 Å². The number of hydrogen-bond acceptors (Lipinski definition) is 6. The maximum atomic E-state index is 13.3. The predicted molar refractivity (Wildman–Crippen MR) is 127 cm³/mol. The molecule has 1 aliphatic carbocycles. The van der Waals surface area contributed by atoms with Crippen LogP contribution < -0.4 is 4.90 Å². The van der Waals surface area contributed by atoms with Crippen molar-refractivity contribution in [2.24, 2.45) is 17.8 Å². The van der Waals surface area contributed by atoms with Gasteiger partial charge in [0.1, 0.15) is 5.54 Å². The highest BCUT2D eigenvalue weighted by Gasteiger charge is 2.61. The summed E-state index contributed by atoms with van der Waals surface area (Å²) in [4.78, 5) is 45.5. The van der Waals surface area contributed by atoms with E-state index in [2.05, 4.69) is 20.5 Å². The number of rotatable bonds is 3. The molecule has 5 heterocycles. The molecule has 38 heavy (non-hydrogen) atoms. The van der Waals surface area contributed by atoms with E-state index in [1.165, 1.54) is 0 Å². The summed E-state index contributed by atoms with van der Waals surface area (Å²) in [5, 5.41) is 7.12. The first-order valence-corrected chi connectivity index (χ1v) is 12.2. The van der Waals surface area contributed by atoms with E-state index >= 15 is 0 Å². The third-order valence-corrected chi connectivity index (χ3v) is 7.86. The monoisotopic (exact) mass is 535 g/mol. The number of carboxylic acid groups (broad SMARTS) is 1. The van der Waals surface area contributed by atoms with Gasteiger partial charge in [0.25, 0.3) is 0 Å². The van der Waals surface area contributed by atoms with Crippen LogP contribution in [0.15, 0.2) is 36.7 Å². The molecule has 1 spiro atoms. The quantitative estimate of drug-likeness (QED) is 0.638. The van der Waals surface area contributed by atoms with Crippen molar-refractivity contribution in [3.8, 4) is 5.82 Å². The second-order valence-corrected chi connectivity index (χ2v) is 10.2. The van der Waals surface area contributed by atoms with Gasteiger partial charge in [0, 0.05) is 45.5 Å². The van der Waals surface area contributed by atoms with Crippen LogP contribution in [0.2, 0.25) is 0 Å². The number of pyridine rings is 1. The van der Waals surface area contributed by atoms with Crippen LogP contribution in [0, 0.1) is 17.8 Å². The van der Waals surface area contributed by atoms with Crippen molar-refractivity contribution in [3.63, 3.8) is 0 Å². The molecule has 2 aromatic rings. The van der Waals surface area contributed by atoms with E-state index in [1.54, 1.807) is 25.2 Å². The lowest BCUT2D eigenvalue weighted by Gasteiger charge is -2.47. The smallest absolute Gasteiger partial charge is 0.475 e. The Balaban J connectivity index is 0.000000374. The zero-order valence-electron chi connectivity index (χ0n) is 20.9. The molecule has 13 heteroatoms. The van der Waals surface area contributed by atoms with Crippen molar-refractivity contribution >= 4 is 23.5 Å². The molecule has 3 aliphatic heterocycles. The SMILES string of the molecule is CN(C)C(=O)CN1c2cccnc2-n2cccc2C12CCN(C(=O)C1[C@H]3COC[C@@H]13)C2.O=C(O)C(F)(F)F. The van der Waals surface area contributed by atoms with Crippen LogP contribution in [0.4, 0.5) is 18.9 Å². The third kappa shape index (κ3) is 4.28. The Morgan fingerprint density at radius 2 is 1.87 bits per heavy atom. The molecule has 2 aromatic heterocycles. The van der Waals surface area contributed by atoms with Gasteiger partial charge in [0.15, 0.2) is 5.82 Å². The third-order valence-electron chi connectivity index (χ3n) is 7.86. The number of carboxylic acids is 1. The summed E-state index contributed by atoms with van der Waals surface area (Å²) >= 11 is 0. The average Bonchev–Trinajstić information content (AvgIpc) is 3.35. The van der Waals surface area contributed by atoms with E-state index in [0.29, 0.717) is 38.1 Å². The Kier molecular flexibility index (Phi) is 6.36. The molecule has 2 saturated heterocycles. The average molecular weight is 536 g/mol. The van der Waals surface area contributed by atoms with Crippen LogP contribution in [0.3, 0.4) is 0 Å². The second-order valence-electron chi connectivity index (χ2n) is 10.2. The van der Waals surface area contributed by atoms with Crippen LogP contribution in [0.5, 0.6) is 0 Å². The van der Waals surface area contributed by atoms with Crippen LogP contribution in [0.1, 0.15) is 12.1 Å². The topological polar surface area (TPSA) is 108 Å². The van der Waals surface area contributed by atoms with Crippen molar-refractivity contribution in [1.29, 1.82) is 0 Å². The Labute approximate surface area is 216 Å². The highest BCUT2D eigenvalue weighted by Crippen LogP contribution is 2.53. The van der Waals surface area contributed by atoms with Crippen molar-refractivity contribution < 1.29 is 37.4 Å². The number of anilines is 1. The number of ether oxygens (including phenoxy) is 1. The maximum Gasteiger partial charge on any atom is 0.490 e. The van der Waals surface area contributed by atoms with Gasteiger partial charge in [-0.3, -0.25) is 9.59 Å². The number of fused-ring (bicyclic) bond motifs is 5. The van der Waals surface area contributed by atoms with Gasteiger partial charge in [0.05, 0.1) is 31.1 Å². The molecular formula is C25H28F3N5O5. The molecule has 0 aromatic carbocycles. The molecule has 2 amide bonds. The molecule has 3 fully saturated rings. The molecule has 1 N–H and O–H groups in total. The van der Waals surface area contributed by atoms with E-state index in [-0.39, 0.29) is 24.3 Å². The Morgan fingerprint density at radius 1 is 1.18 bits per heavy atom. The number of hydrogen-bond donors (Lipinski definition) is 1. The number of amides is 2. The first kappa shape index (κ1) is 26.0. The molecule has 0 bridgehead atoms. The van der Waals surface area contributed by atoms with E-state index in [1.807, 2.05) is 29.3 Å². The highest BCUT2D eigenvalue weighted by atomic mass is 19.4. The van der Waals surface area contributed by atoms with Gasteiger partial charge in [-0.05, 0) is 42.5 Å². The largest absolute Gasteiger partial charge is 0.490 e. The number of carbonyl (C=O) groups excluding carboxylic acids is 2. The molecule has 4 atom stereocenters. The normalized spacial score (nSPS) is 26.7. The molecular weight excluding hydrogens is 507 g/mol. The fourth-order valence-corrected chi connectivity index (χ4v) is 5.84. The number of likely N-dealkylation sites (tertiary alicyclic amines) is 1. The van der Waals surface area contributed by atoms with Crippen molar-refractivity contribution in [2.45, 2.75) is 18.1 Å². The van der Waals surface area contributed by atoms with E-state index < -0.39 is 17.7 Å². The van der Waals surface area contributed by atoms with E-state index in [4.69, 9.17) is 14.6 Å². The lowest BCUT2D eigenvalue weighted by Crippen LogP contribution is -2.55. The van der Waals surface area contributed by atoms with Gasteiger partial charge < -0.3 is 29.1 Å². The molecule has 10 nitrogen and oxygen atoms in total. The molecule has 0 radical (unpaired) electrons. The van der Waals surface area contributed by atoms with Gasteiger partial charge in [-0.15, -0.1) is 0 Å². The number of nitrogens with zero attached hydrogens (tertiary/aromatic N) is 5. The minimum atomic E-state index is -5.08. The van der Waals surface area contributed by atoms with Crippen LogP contribution >= 0.6 is 0 Å². The predicted octanol–water partition coefficient (Wildman–Crippen LogP) is 1.73. The first-order chi connectivity index (χ1) is 18.0. The first-order valence-electron chi connectivity index (χ1n) is 12.2. The molecule has 1 saturated carbocycles. The Hall–Kier alpha value is -3.61. The van der Waals surface area contributed by atoms with Crippen molar-refractivity contribution in [2.75, 3.05) is 51.8 Å². The minimum Gasteiger partial charge on any atom is -0.475 e. The second kappa shape index (κ2) is 9.29. The number of likely N-dealkylation sites (N-methyl/N-ethyl adjacent to an activating group) is 1. The number of alkyl halides is 3. The van der Waals surface area contributed by atoms with Crippen molar-refractivity contribution in [1.82, 2.24) is 19.4 Å². The Morgan fingerprint density at radius 3 is 2.50 bits per heavy atom. The summed E-state index contributed by atoms with van der Waals surface area (Å²) in [7, 11) is 3.56. The lowest BCUT2D eigenvalue weighted by atomic mass is 9.88. The van der Waals surface area contributed by atoms with Gasteiger partial charge in [0.2, 0.25) is 11.8 Å². The number of aromatic nitrogens is 2. The molecule has 204 valence electrons. The number of aliphatic carboxylic acids is 1. The summed E-state index contributed by atoms with van der Waals surface area (Å²) in [6.45, 7) is 2.96. The fraction of sp³-hybridized carbons (Fsp3) is 0.520. The number of halogens is 3. The van der Waals surface area contributed by atoms with Gasteiger partial charge in [-0.2, -0.15) is 13.2 Å². The summed E-state index contributed by atoms with van der Waals surface area (Å²) in [6, 6.07) is 8.08. The van der Waals surface area contributed by atoms with Crippen LogP contribution in [0.25, 0.3) is 5.82 Å². The van der Waals surface area contributed by atoms with E-state index in [9.17, 15) is 22.8 Å². The molecule has 2 unspecified atom stereocenters. The zero-order valence-corrected chi connectivity index (χ0v) is 20.9. The highest BCUT2D eigenvalue weighted by molar-refractivity contribution is 5.85. The lowest BCUT2D eigenvalue weighted by molar-refractivity contribution is -0.192. The zero-order chi connectivity index (χ0) is 27.4. The summed E-state index contributed by atoms with van der Waals surface area (Å²) in [6.07, 6.45) is -0.484. The van der Waals surface area contributed by atoms with Gasteiger partial charge >= 0.3 is 12.1 Å².